The van der Waals surface area contributed by atoms with Crippen LogP contribution in [0.25, 0.3) is 11.0 Å². The fourth-order valence-corrected chi connectivity index (χ4v) is 1.57. The molecule has 1 aromatic carbocycles. The molecule has 0 amide bonds. The van der Waals surface area contributed by atoms with Crippen molar-refractivity contribution in [2.75, 3.05) is 0 Å². The number of imidazole rings is 1. The lowest BCUT2D eigenvalue weighted by Gasteiger charge is -2.13. The van der Waals surface area contributed by atoms with Crippen LogP contribution in [0, 0.1) is 0 Å². The Morgan fingerprint density at radius 2 is 2.13 bits per heavy atom. The van der Waals surface area contributed by atoms with Gasteiger partial charge in [-0.25, -0.2) is 13.8 Å². The minimum Gasteiger partial charge on any atom is -0.334 e. The fraction of sp³-hybridized carbons (Fsp3) is 0.364. The maximum absolute atomic E-state index is 13.4. The van der Waals surface area contributed by atoms with Gasteiger partial charge in [-0.05, 0) is 12.1 Å². The van der Waals surface area contributed by atoms with E-state index < -0.39 is 5.92 Å². The summed E-state index contributed by atoms with van der Waals surface area (Å²) in [6, 6.07) is 4.60. The van der Waals surface area contributed by atoms with Crippen molar-refractivity contribution >= 4 is 11.0 Å². The lowest BCUT2D eigenvalue weighted by Crippen LogP contribution is -2.11. The van der Waals surface area contributed by atoms with Crippen molar-refractivity contribution in [2.24, 2.45) is 7.05 Å². The number of benzene rings is 1. The molecule has 2 rings (SSSR count). The number of rotatable bonds is 2. The van der Waals surface area contributed by atoms with Gasteiger partial charge in [-0.15, -0.1) is 0 Å². The van der Waals surface area contributed by atoms with Crippen LogP contribution in [0.5, 0.6) is 0 Å². The molecule has 1 aromatic heterocycles. The summed E-state index contributed by atoms with van der Waals surface area (Å²) < 4.78 is 28.6. The first-order valence-electron chi connectivity index (χ1n) is 4.84. The number of alkyl halides is 2. The quantitative estimate of drug-likeness (QED) is 0.744. The molecule has 2 aromatic rings. The predicted molar refractivity (Wildman–Crippen MR) is 54.9 cm³/mol. The third-order valence-electron chi connectivity index (χ3n) is 2.59. The van der Waals surface area contributed by atoms with Gasteiger partial charge < -0.3 is 4.57 Å². The highest BCUT2D eigenvalue weighted by molar-refractivity contribution is 5.76. The minimum absolute atomic E-state index is 0.0381. The van der Waals surface area contributed by atoms with E-state index in [4.69, 9.17) is 0 Å². The molecule has 2 nitrogen and oxygen atoms in total. The predicted octanol–water partition coefficient (Wildman–Crippen LogP) is 3.08. The summed E-state index contributed by atoms with van der Waals surface area (Å²) in [6.45, 7) is 1.47. The Balaban J connectivity index is 2.57. The summed E-state index contributed by atoms with van der Waals surface area (Å²) in [5.41, 5.74) is 1.52. The van der Waals surface area contributed by atoms with Crippen LogP contribution in [-0.2, 0) is 13.0 Å². The summed E-state index contributed by atoms with van der Waals surface area (Å²) in [5.74, 6) is -2.76. The first-order valence-corrected chi connectivity index (χ1v) is 4.84. The lowest BCUT2D eigenvalue weighted by molar-refractivity contribution is -0.00816. The van der Waals surface area contributed by atoms with Crippen LogP contribution in [0.1, 0.15) is 18.9 Å². The number of nitrogens with zero attached hydrogens (tertiary/aromatic N) is 2. The van der Waals surface area contributed by atoms with Gasteiger partial charge in [0.2, 0.25) is 0 Å². The van der Waals surface area contributed by atoms with E-state index in [2.05, 4.69) is 4.98 Å². The van der Waals surface area contributed by atoms with Gasteiger partial charge in [0.25, 0.3) is 5.92 Å². The SMILES string of the molecule is CCC(F)(F)c1ccc2c(c1)ncn2C. The molecule has 15 heavy (non-hydrogen) atoms. The van der Waals surface area contributed by atoms with Crippen LogP contribution in [0.4, 0.5) is 8.78 Å². The Hall–Kier alpha value is -1.45. The van der Waals surface area contributed by atoms with Crippen LogP contribution in [0.15, 0.2) is 24.5 Å². The standard InChI is InChI=1S/C11H12F2N2/c1-3-11(12,13)8-4-5-10-9(6-8)14-7-15(10)2/h4-7H,3H2,1-2H3. The fourth-order valence-electron chi connectivity index (χ4n) is 1.57. The molecule has 0 fully saturated rings. The zero-order valence-corrected chi connectivity index (χ0v) is 8.67. The number of hydrogen-bond acceptors (Lipinski definition) is 1. The van der Waals surface area contributed by atoms with E-state index in [9.17, 15) is 8.78 Å². The second-order valence-corrected chi connectivity index (χ2v) is 3.62. The molecule has 0 bridgehead atoms. The van der Waals surface area contributed by atoms with Crippen molar-refractivity contribution < 1.29 is 8.78 Å². The first kappa shape index (κ1) is 10.1. The Morgan fingerprint density at radius 1 is 1.40 bits per heavy atom. The summed E-state index contributed by atoms with van der Waals surface area (Å²) in [7, 11) is 1.84. The van der Waals surface area contributed by atoms with Crippen LogP contribution in [0.3, 0.4) is 0 Å². The lowest BCUT2D eigenvalue weighted by atomic mass is 10.1. The molecular weight excluding hydrogens is 198 g/mol. The monoisotopic (exact) mass is 210 g/mol. The zero-order chi connectivity index (χ0) is 11.1. The number of aryl methyl sites for hydroxylation is 1. The smallest absolute Gasteiger partial charge is 0.273 e. The van der Waals surface area contributed by atoms with Crippen LogP contribution < -0.4 is 0 Å². The van der Waals surface area contributed by atoms with Crippen LogP contribution >= 0.6 is 0 Å². The van der Waals surface area contributed by atoms with Crippen molar-refractivity contribution in [1.82, 2.24) is 9.55 Å². The Bertz CT molecular complexity index is 488. The summed E-state index contributed by atoms with van der Waals surface area (Å²) in [4.78, 5) is 4.06. The van der Waals surface area contributed by atoms with Gasteiger partial charge in [-0.1, -0.05) is 13.0 Å². The molecular formula is C11H12F2N2. The van der Waals surface area contributed by atoms with E-state index in [0.717, 1.165) is 5.52 Å². The molecule has 0 aliphatic carbocycles. The van der Waals surface area contributed by atoms with Gasteiger partial charge in [-0.3, -0.25) is 0 Å². The first-order chi connectivity index (χ1) is 7.04. The third kappa shape index (κ3) is 1.60. The van der Waals surface area contributed by atoms with E-state index in [-0.39, 0.29) is 12.0 Å². The normalized spacial score (nSPS) is 12.3. The van der Waals surface area contributed by atoms with Crippen molar-refractivity contribution in [3.05, 3.63) is 30.1 Å². The molecule has 0 unspecified atom stereocenters. The number of fused-ring (bicyclic) bond motifs is 1. The highest BCUT2D eigenvalue weighted by atomic mass is 19.3. The molecule has 0 atom stereocenters. The largest absolute Gasteiger partial charge is 0.334 e. The molecule has 0 spiro atoms. The molecule has 0 saturated heterocycles. The molecule has 0 saturated carbocycles. The molecule has 0 aliphatic rings. The van der Waals surface area contributed by atoms with Crippen molar-refractivity contribution in [1.29, 1.82) is 0 Å². The Morgan fingerprint density at radius 3 is 2.80 bits per heavy atom. The molecule has 1 heterocycles. The molecule has 0 aliphatic heterocycles. The second-order valence-electron chi connectivity index (χ2n) is 3.62. The number of halogens is 2. The second kappa shape index (κ2) is 3.29. The van der Waals surface area contributed by atoms with Gasteiger partial charge in [0.05, 0.1) is 17.4 Å². The molecule has 0 N–H and O–H groups in total. The maximum atomic E-state index is 13.4. The highest BCUT2D eigenvalue weighted by Crippen LogP contribution is 2.32. The van der Waals surface area contributed by atoms with Gasteiger partial charge >= 0.3 is 0 Å². The van der Waals surface area contributed by atoms with E-state index >= 15 is 0 Å². The van der Waals surface area contributed by atoms with Crippen molar-refractivity contribution in [3.8, 4) is 0 Å². The third-order valence-corrected chi connectivity index (χ3v) is 2.59. The van der Waals surface area contributed by atoms with Crippen LogP contribution in [0.2, 0.25) is 0 Å². The van der Waals surface area contributed by atoms with Gasteiger partial charge in [-0.2, -0.15) is 0 Å². The topological polar surface area (TPSA) is 17.8 Å². The summed E-state index contributed by atoms with van der Waals surface area (Å²) >= 11 is 0. The maximum Gasteiger partial charge on any atom is 0.273 e. The van der Waals surface area contributed by atoms with Gasteiger partial charge in [0, 0.05) is 19.0 Å². The highest BCUT2D eigenvalue weighted by Gasteiger charge is 2.29. The average molecular weight is 210 g/mol. The van der Waals surface area contributed by atoms with Crippen molar-refractivity contribution in [3.63, 3.8) is 0 Å². The Kier molecular flexibility index (Phi) is 2.21. The minimum atomic E-state index is -2.76. The molecule has 80 valence electrons. The van der Waals surface area contributed by atoms with E-state index in [1.165, 1.54) is 19.1 Å². The average Bonchev–Trinajstić information content (AvgIpc) is 2.60. The van der Waals surface area contributed by atoms with Gasteiger partial charge in [0.1, 0.15) is 0 Å². The molecule has 0 radical (unpaired) electrons. The van der Waals surface area contributed by atoms with E-state index in [1.54, 1.807) is 12.4 Å². The van der Waals surface area contributed by atoms with E-state index in [1.807, 2.05) is 11.6 Å². The van der Waals surface area contributed by atoms with Crippen molar-refractivity contribution in [2.45, 2.75) is 19.3 Å². The molecule has 4 heteroatoms. The zero-order valence-electron chi connectivity index (χ0n) is 8.67. The van der Waals surface area contributed by atoms with Gasteiger partial charge in [0.15, 0.2) is 0 Å². The Labute approximate surface area is 86.5 Å². The summed E-state index contributed by atoms with van der Waals surface area (Å²) in [6.07, 6.45) is 1.43. The van der Waals surface area contributed by atoms with Crippen LogP contribution in [-0.4, -0.2) is 9.55 Å². The number of aromatic nitrogens is 2. The van der Waals surface area contributed by atoms with E-state index in [0.29, 0.717) is 5.52 Å². The number of hydrogen-bond donors (Lipinski definition) is 0. The summed E-state index contributed by atoms with van der Waals surface area (Å²) in [5, 5.41) is 0.